The third kappa shape index (κ3) is 6.19. The van der Waals surface area contributed by atoms with Gasteiger partial charge in [0.25, 0.3) is 0 Å². The standard InChI is InChI=1S/C16H21N5O2S3/c1-4-17-15-19-20-16(26-15)25-10-14(23)21(2)9-13(22)18-11-7-5-6-8-12(11)24-3/h5-8H,4,9-10H2,1-3H3,(H,17,19)(H,18,22). The van der Waals surface area contributed by atoms with E-state index in [0.29, 0.717) is 0 Å². The summed E-state index contributed by atoms with van der Waals surface area (Å²) in [7, 11) is 1.62. The minimum absolute atomic E-state index is 0.000861. The average Bonchev–Trinajstić information content (AvgIpc) is 3.07. The SMILES string of the molecule is CCNc1nnc(SCC(=O)N(C)CC(=O)Nc2ccccc2SC)s1. The minimum atomic E-state index is -0.224. The number of para-hydroxylation sites is 1. The van der Waals surface area contributed by atoms with Crippen LogP contribution in [0.4, 0.5) is 10.8 Å². The number of hydrogen-bond donors (Lipinski definition) is 2. The Morgan fingerprint density at radius 2 is 2.04 bits per heavy atom. The maximum atomic E-state index is 12.2. The summed E-state index contributed by atoms with van der Waals surface area (Å²) < 4.78 is 0.723. The Labute approximate surface area is 165 Å². The van der Waals surface area contributed by atoms with Gasteiger partial charge in [-0.1, -0.05) is 35.2 Å². The van der Waals surface area contributed by atoms with Crippen LogP contribution in [0.2, 0.25) is 0 Å². The zero-order valence-electron chi connectivity index (χ0n) is 14.8. The van der Waals surface area contributed by atoms with Crippen molar-refractivity contribution in [1.29, 1.82) is 0 Å². The lowest BCUT2D eigenvalue weighted by atomic mass is 10.3. The molecule has 1 aromatic heterocycles. The Bertz CT molecular complexity index is 753. The molecule has 0 saturated carbocycles. The van der Waals surface area contributed by atoms with E-state index in [1.54, 1.807) is 18.8 Å². The third-order valence-corrected chi connectivity index (χ3v) is 6.04. The molecular formula is C16H21N5O2S3. The summed E-state index contributed by atoms with van der Waals surface area (Å²) in [4.78, 5) is 26.8. The number of likely N-dealkylation sites (N-methyl/N-ethyl adjacent to an activating group) is 1. The molecule has 0 bridgehead atoms. The number of hydrogen-bond acceptors (Lipinski definition) is 8. The number of aromatic nitrogens is 2. The van der Waals surface area contributed by atoms with Gasteiger partial charge in [0.05, 0.1) is 18.0 Å². The second-order valence-corrected chi connectivity index (χ2v) is 8.24. The van der Waals surface area contributed by atoms with Crippen molar-refractivity contribution in [3.8, 4) is 0 Å². The first kappa shape index (κ1) is 20.5. The van der Waals surface area contributed by atoms with Crippen LogP contribution in [0.25, 0.3) is 0 Å². The molecule has 0 radical (unpaired) electrons. The van der Waals surface area contributed by atoms with Gasteiger partial charge >= 0.3 is 0 Å². The number of carbonyl (C=O) groups is 2. The van der Waals surface area contributed by atoms with E-state index in [1.165, 1.54) is 28.0 Å². The van der Waals surface area contributed by atoms with E-state index in [2.05, 4.69) is 20.8 Å². The predicted molar refractivity (Wildman–Crippen MR) is 109 cm³/mol. The van der Waals surface area contributed by atoms with Gasteiger partial charge < -0.3 is 15.5 Å². The quantitative estimate of drug-likeness (QED) is 0.614. The van der Waals surface area contributed by atoms with Crippen molar-refractivity contribution in [2.24, 2.45) is 0 Å². The first-order chi connectivity index (χ1) is 12.5. The van der Waals surface area contributed by atoms with Gasteiger partial charge in [0.15, 0.2) is 4.34 Å². The summed E-state index contributed by atoms with van der Waals surface area (Å²) >= 11 is 4.29. The number of nitrogens with one attached hydrogen (secondary N) is 2. The molecule has 0 spiro atoms. The highest BCUT2D eigenvalue weighted by Gasteiger charge is 2.15. The van der Waals surface area contributed by atoms with Gasteiger partial charge in [-0.25, -0.2) is 0 Å². The monoisotopic (exact) mass is 411 g/mol. The molecule has 0 atom stereocenters. The van der Waals surface area contributed by atoms with E-state index in [9.17, 15) is 9.59 Å². The van der Waals surface area contributed by atoms with E-state index in [1.807, 2.05) is 37.4 Å². The van der Waals surface area contributed by atoms with Crippen molar-refractivity contribution < 1.29 is 9.59 Å². The van der Waals surface area contributed by atoms with Crippen LogP contribution in [-0.2, 0) is 9.59 Å². The van der Waals surface area contributed by atoms with Crippen molar-refractivity contribution in [2.45, 2.75) is 16.2 Å². The van der Waals surface area contributed by atoms with E-state index < -0.39 is 0 Å². The number of anilines is 2. The maximum absolute atomic E-state index is 12.2. The van der Waals surface area contributed by atoms with Gasteiger partial charge in [-0.05, 0) is 25.3 Å². The molecule has 7 nitrogen and oxygen atoms in total. The molecule has 0 aliphatic rings. The summed E-state index contributed by atoms with van der Waals surface area (Å²) in [5, 5.41) is 14.7. The topological polar surface area (TPSA) is 87.2 Å². The number of amides is 2. The van der Waals surface area contributed by atoms with Gasteiger partial charge in [-0.3, -0.25) is 9.59 Å². The Kier molecular flexibility index (Phi) is 8.20. The van der Waals surface area contributed by atoms with Crippen LogP contribution < -0.4 is 10.6 Å². The molecule has 2 N–H and O–H groups in total. The fourth-order valence-electron chi connectivity index (χ4n) is 1.97. The second kappa shape index (κ2) is 10.4. The first-order valence-electron chi connectivity index (χ1n) is 7.90. The lowest BCUT2D eigenvalue weighted by Gasteiger charge is -2.17. The van der Waals surface area contributed by atoms with Gasteiger partial charge in [0, 0.05) is 18.5 Å². The van der Waals surface area contributed by atoms with Crippen molar-refractivity contribution in [3.63, 3.8) is 0 Å². The van der Waals surface area contributed by atoms with E-state index >= 15 is 0 Å². The van der Waals surface area contributed by atoms with Crippen LogP contribution in [0, 0.1) is 0 Å². The summed E-state index contributed by atoms with van der Waals surface area (Å²) in [5.74, 6) is -0.146. The highest BCUT2D eigenvalue weighted by atomic mass is 32.2. The Balaban J connectivity index is 1.81. The van der Waals surface area contributed by atoms with E-state index in [-0.39, 0.29) is 24.1 Å². The lowest BCUT2D eigenvalue weighted by Crippen LogP contribution is -2.36. The van der Waals surface area contributed by atoms with E-state index in [4.69, 9.17) is 0 Å². The number of carbonyl (C=O) groups excluding carboxylic acids is 2. The normalized spacial score (nSPS) is 10.4. The van der Waals surface area contributed by atoms with Crippen LogP contribution in [0.5, 0.6) is 0 Å². The Hall–Kier alpha value is -1.78. The molecule has 2 aromatic rings. The van der Waals surface area contributed by atoms with Gasteiger partial charge in [0.1, 0.15) is 0 Å². The average molecular weight is 412 g/mol. The molecule has 2 rings (SSSR count). The third-order valence-electron chi connectivity index (χ3n) is 3.24. The molecule has 0 unspecified atom stereocenters. The van der Waals surface area contributed by atoms with Crippen molar-refractivity contribution >= 4 is 57.5 Å². The highest BCUT2D eigenvalue weighted by Crippen LogP contribution is 2.26. The predicted octanol–water partition coefficient (Wildman–Crippen LogP) is 2.88. The second-order valence-electron chi connectivity index (χ2n) is 5.19. The summed E-state index contributed by atoms with van der Waals surface area (Å²) in [5.41, 5.74) is 0.755. The molecule has 140 valence electrons. The van der Waals surface area contributed by atoms with Gasteiger partial charge in [-0.15, -0.1) is 22.0 Å². The maximum Gasteiger partial charge on any atom is 0.244 e. The van der Waals surface area contributed by atoms with Crippen LogP contribution >= 0.6 is 34.9 Å². The summed E-state index contributed by atoms with van der Waals surface area (Å²) in [6, 6.07) is 7.57. The molecular weight excluding hydrogens is 390 g/mol. The number of benzene rings is 1. The number of nitrogens with zero attached hydrogens (tertiary/aromatic N) is 3. The summed E-state index contributed by atoms with van der Waals surface area (Å²) in [6.07, 6.45) is 1.95. The largest absolute Gasteiger partial charge is 0.360 e. The van der Waals surface area contributed by atoms with Crippen molar-refractivity contribution in [2.75, 3.05) is 42.8 Å². The number of rotatable bonds is 9. The minimum Gasteiger partial charge on any atom is -0.360 e. The molecule has 26 heavy (non-hydrogen) atoms. The lowest BCUT2D eigenvalue weighted by molar-refractivity contribution is -0.131. The zero-order chi connectivity index (χ0) is 18.9. The smallest absolute Gasteiger partial charge is 0.244 e. The van der Waals surface area contributed by atoms with Crippen LogP contribution in [-0.4, -0.2) is 59.1 Å². The molecule has 1 heterocycles. The van der Waals surface area contributed by atoms with Crippen LogP contribution in [0.15, 0.2) is 33.5 Å². The molecule has 2 amide bonds. The fourth-order valence-corrected chi connectivity index (χ4v) is 4.28. The van der Waals surface area contributed by atoms with Gasteiger partial charge in [-0.2, -0.15) is 0 Å². The zero-order valence-corrected chi connectivity index (χ0v) is 17.3. The highest BCUT2D eigenvalue weighted by molar-refractivity contribution is 8.01. The molecule has 1 aromatic carbocycles. The molecule has 0 aliphatic carbocycles. The summed E-state index contributed by atoms with van der Waals surface area (Å²) in [6.45, 7) is 2.76. The molecule has 0 fully saturated rings. The van der Waals surface area contributed by atoms with Gasteiger partial charge in [0.2, 0.25) is 16.9 Å². The first-order valence-corrected chi connectivity index (χ1v) is 10.9. The van der Waals surface area contributed by atoms with Crippen LogP contribution in [0.1, 0.15) is 6.92 Å². The van der Waals surface area contributed by atoms with E-state index in [0.717, 1.165) is 26.6 Å². The number of thioether (sulfide) groups is 2. The van der Waals surface area contributed by atoms with Crippen molar-refractivity contribution in [3.05, 3.63) is 24.3 Å². The van der Waals surface area contributed by atoms with Crippen molar-refractivity contribution in [1.82, 2.24) is 15.1 Å². The van der Waals surface area contributed by atoms with Crippen LogP contribution in [0.3, 0.4) is 0 Å². The molecule has 0 aliphatic heterocycles. The Morgan fingerprint density at radius 1 is 1.27 bits per heavy atom. The molecule has 0 saturated heterocycles. The fraction of sp³-hybridized carbons (Fsp3) is 0.375. The Morgan fingerprint density at radius 3 is 2.77 bits per heavy atom. The molecule has 10 heteroatoms.